The van der Waals surface area contributed by atoms with E-state index in [1.807, 2.05) is 18.2 Å². The molecule has 2 aromatic carbocycles. The van der Waals surface area contributed by atoms with Gasteiger partial charge < -0.3 is 19.9 Å². The maximum Gasteiger partial charge on any atom is 0.259 e. The van der Waals surface area contributed by atoms with Crippen molar-refractivity contribution in [3.05, 3.63) is 52.0 Å². The molecule has 0 spiro atoms. The number of ether oxygens (including phenoxy) is 2. The normalized spacial score (nSPS) is 16.8. The molecule has 1 fully saturated rings. The molecule has 1 aliphatic heterocycles. The van der Waals surface area contributed by atoms with Crippen LogP contribution in [-0.4, -0.2) is 49.3 Å². The number of carbonyl (C=O) groups is 1. The van der Waals surface area contributed by atoms with Crippen LogP contribution in [0, 0.1) is 0 Å². The van der Waals surface area contributed by atoms with E-state index in [2.05, 4.69) is 38.3 Å². The number of halogens is 1. The molecule has 2 aromatic rings. The van der Waals surface area contributed by atoms with Crippen molar-refractivity contribution in [2.75, 3.05) is 27.3 Å². The number of amides is 1. The predicted octanol–water partition coefficient (Wildman–Crippen LogP) is 3.57. The average molecular weight is 449 g/mol. The first-order chi connectivity index (χ1) is 13.5. The molecule has 1 atom stereocenters. The van der Waals surface area contributed by atoms with Gasteiger partial charge in [0.25, 0.3) is 5.91 Å². The van der Waals surface area contributed by atoms with Gasteiger partial charge in [0.05, 0.1) is 18.7 Å². The highest BCUT2D eigenvalue weighted by atomic mass is 79.9. The van der Waals surface area contributed by atoms with Crippen LogP contribution in [-0.2, 0) is 6.54 Å². The summed E-state index contributed by atoms with van der Waals surface area (Å²) in [5.74, 6) is -0.124. The van der Waals surface area contributed by atoms with Gasteiger partial charge in [-0.25, -0.2) is 0 Å². The Morgan fingerprint density at radius 3 is 2.71 bits per heavy atom. The van der Waals surface area contributed by atoms with Crippen molar-refractivity contribution >= 4 is 21.8 Å². The number of phenolic OH excluding ortho intramolecular Hbond substituents is 1. The zero-order chi connectivity index (χ0) is 20.1. The molecule has 0 radical (unpaired) electrons. The quantitative estimate of drug-likeness (QED) is 0.677. The Morgan fingerprint density at radius 1 is 1.29 bits per heavy atom. The summed E-state index contributed by atoms with van der Waals surface area (Å²) in [5.41, 5.74) is 1.33. The molecule has 28 heavy (non-hydrogen) atoms. The van der Waals surface area contributed by atoms with E-state index in [4.69, 9.17) is 9.47 Å². The van der Waals surface area contributed by atoms with Crippen molar-refractivity contribution in [3.63, 3.8) is 0 Å². The van der Waals surface area contributed by atoms with Crippen molar-refractivity contribution in [2.45, 2.75) is 25.4 Å². The summed E-state index contributed by atoms with van der Waals surface area (Å²) in [4.78, 5) is 15.2. The summed E-state index contributed by atoms with van der Waals surface area (Å²) in [7, 11) is 2.90. The van der Waals surface area contributed by atoms with E-state index in [0.29, 0.717) is 11.0 Å². The Balaban J connectivity index is 1.71. The molecule has 1 amide bonds. The van der Waals surface area contributed by atoms with Gasteiger partial charge in [0, 0.05) is 25.2 Å². The number of benzene rings is 2. The Kier molecular flexibility index (Phi) is 6.80. The van der Waals surface area contributed by atoms with E-state index in [0.717, 1.165) is 25.9 Å². The summed E-state index contributed by atoms with van der Waals surface area (Å²) >= 11 is 3.36. The summed E-state index contributed by atoms with van der Waals surface area (Å²) in [5, 5.41) is 13.4. The average Bonchev–Trinajstić information content (AvgIpc) is 3.14. The fraction of sp³-hybridized carbons (Fsp3) is 0.381. The molecule has 3 rings (SSSR count). The van der Waals surface area contributed by atoms with Crippen LogP contribution in [0.25, 0.3) is 0 Å². The number of nitrogens with one attached hydrogen (secondary N) is 1. The molecular weight excluding hydrogens is 424 g/mol. The van der Waals surface area contributed by atoms with Gasteiger partial charge in [0.2, 0.25) is 0 Å². The summed E-state index contributed by atoms with van der Waals surface area (Å²) < 4.78 is 11.0. The SMILES string of the molecule is COc1cc(Br)c(OC)c(C(=O)NC[C@H]2CCCN2Cc2ccccc2)c1O. The third kappa shape index (κ3) is 4.42. The number of methoxy groups -OCH3 is 2. The third-order valence-corrected chi connectivity index (χ3v) is 5.64. The Morgan fingerprint density at radius 2 is 2.04 bits per heavy atom. The number of hydrogen-bond donors (Lipinski definition) is 2. The van der Waals surface area contributed by atoms with Crippen LogP contribution in [0.1, 0.15) is 28.8 Å². The van der Waals surface area contributed by atoms with Crippen LogP contribution in [0.5, 0.6) is 17.2 Å². The van der Waals surface area contributed by atoms with Crippen molar-refractivity contribution in [1.82, 2.24) is 10.2 Å². The number of phenols is 1. The van der Waals surface area contributed by atoms with Gasteiger partial charge in [-0.05, 0) is 40.9 Å². The Labute approximate surface area is 173 Å². The van der Waals surface area contributed by atoms with Crippen molar-refractivity contribution < 1.29 is 19.4 Å². The number of nitrogens with zero attached hydrogens (tertiary/aromatic N) is 1. The van der Waals surface area contributed by atoms with Crippen LogP contribution in [0.2, 0.25) is 0 Å². The van der Waals surface area contributed by atoms with Crippen LogP contribution in [0.15, 0.2) is 40.9 Å². The highest BCUT2D eigenvalue weighted by Gasteiger charge is 2.28. The van der Waals surface area contributed by atoms with Crippen LogP contribution in [0.3, 0.4) is 0 Å². The number of hydrogen-bond acceptors (Lipinski definition) is 5. The molecule has 1 aliphatic rings. The fourth-order valence-corrected chi connectivity index (χ4v) is 4.18. The highest BCUT2D eigenvalue weighted by molar-refractivity contribution is 9.10. The first-order valence-corrected chi connectivity index (χ1v) is 10.0. The molecule has 1 saturated heterocycles. The van der Waals surface area contributed by atoms with Gasteiger partial charge in [-0.15, -0.1) is 0 Å². The minimum absolute atomic E-state index is 0.0707. The zero-order valence-electron chi connectivity index (χ0n) is 16.1. The standard InChI is InChI=1S/C21H25BrN2O4/c1-27-17-11-16(22)20(28-2)18(19(17)25)21(26)23-12-15-9-6-10-24(15)13-14-7-4-3-5-8-14/h3-5,7-8,11,15,25H,6,9-10,12-13H2,1-2H3,(H,23,26)/t15-/m1/s1. The maximum atomic E-state index is 12.8. The zero-order valence-corrected chi connectivity index (χ0v) is 17.7. The molecule has 0 aromatic heterocycles. The molecule has 6 nitrogen and oxygen atoms in total. The van der Waals surface area contributed by atoms with Gasteiger partial charge in [0.15, 0.2) is 11.5 Å². The first kappa shape index (κ1) is 20.5. The lowest BCUT2D eigenvalue weighted by Gasteiger charge is -2.25. The van der Waals surface area contributed by atoms with Gasteiger partial charge in [-0.1, -0.05) is 30.3 Å². The fourth-order valence-electron chi connectivity index (χ4n) is 3.62. The molecule has 1 heterocycles. The van der Waals surface area contributed by atoms with Gasteiger partial charge in [0.1, 0.15) is 11.3 Å². The van der Waals surface area contributed by atoms with E-state index < -0.39 is 0 Å². The van der Waals surface area contributed by atoms with Crippen molar-refractivity contribution in [1.29, 1.82) is 0 Å². The molecule has 0 aliphatic carbocycles. The lowest BCUT2D eigenvalue weighted by atomic mass is 10.1. The second-order valence-corrected chi connectivity index (χ2v) is 7.63. The smallest absolute Gasteiger partial charge is 0.259 e. The Hall–Kier alpha value is -2.25. The number of likely N-dealkylation sites (tertiary alicyclic amines) is 1. The monoisotopic (exact) mass is 448 g/mol. The third-order valence-electron chi connectivity index (χ3n) is 5.05. The molecular formula is C21H25BrN2O4. The van der Waals surface area contributed by atoms with E-state index in [1.165, 1.54) is 19.8 Å². The van der Waals surface area contributed by atoms with E-state index >= 15 is 0 Å². The van der Waals surface area contributed by atoms with Crippen molar-refractivity contribution in [2.24, 2.45) is 0 Å². The first-order valence-electron chi connectivity index (χ1n) is 9.24. The van der Waals surface area contributed by atoms with Gasteiger partial charge >= 0.3 is 0 Å². The van der Waals surface area contributed by atoms with E-state index in [9.17, 15) is 9.90 Å². The molecule has 0 saturated carbocycles. The molecule has 2 N–H and O–H groups in total. The summed E-state index contributed by atoms with van der Waals surface area (Å²) in [6, 6.07) is 12.2. The lowest BCUT2D eigenvalue weighted by molar-refractivity contribution is 0.0933. The largest absolute Gasteiger partial charge is 0.504 e. The van der Waals surface area contributed by atoms with E-state index in [1.54, 1.807) is 6.07 Å². The number of aromatic hydroxyl groups is 1. The topological polar surface area (TPSA) is 71.0 Å². The number of carbonyl (C=O) groups excluding carboxylic acids is 1. The van der Waals surface area contributed by atoms with Gasteiger partial charge in [-0.3, -0.25) is 9.69 Å². The Bertz CT molecular complexity index is 829. The van der Waals surface area contributed by atoms with E-state index in [-0.39, 0.29) is 34.8 Å². The minimum atomic E-state index is -0.388. The maximum absolute atomic E-state index is 12.8. The number of rotatable bonds is 7. The van der Waals surface area contributed by atoms with Crippen LogP contribution >= 0.6 is 15.9 Å². The van der Waals surface area contributed by atoms with Crippen LogP contribution < -0.4 is 14.8 Å². The molecule has 0 unspecified atom stereocenters. The highest BCUT2D eigenvalue weighted by Crippen LogP contribution is 2.42. The van der Waals surface area contributed by atoms with Crippen LogP contribution in [0.4, 0.5) is 0 Å². The molecule has 150 valence electrons. The second-order valence-electron chi connectivity index (χ2n) is 6.78. The molecule has 7 heteroatoms. The summed E-state index contributed by atoms with van der Waals surface area (Å²) in [6.07, 6.45) is 2.13. The summed E-state index contributed by atoms with van der Waals surface area (Å²) in [6.45, 7) is 2.37. The van der Waals surface area contributed by atoms with Gasteiger partial charge in [-0.2, -0.15) is 0 Å². The van der Waals surface area contributed by atoms with Crippen molar-refractivity contribution in [3.8, 4) is 17.2 Å². The second kappa shape index (κ2) is 9.30. The lowest BCUT2D eigenvalue weighted by Crippen LogP contribution is -2.40. The predicted molar refractivity (Wildman–Crippen MR) is 111 cm³/mol. The molecule has 0 bridgehead atoms. The minimum Gasteiger partial charge on any atom is -0.504 e.